The smallest absolute Gasteiger partial charge is 0.120 e. The van der Waals surface area contributed by atoms with E-state index in [2.05, 4.69) is 35.0 Å². The first-order chi connectivity index (χ1) is 7.25. The van der Waals surface area contributed by atoms with Crippen LogP contribution in [0.1, 0.15) is 37.7 Å². The van der Waals surface area contributed by atoms with Gasteiger partial charge in [-0.2, -0.15) is 0 Å². The molecule has 0 spiro atoms. The molecule has 0 saturated heterocycles. The van der Waals surface area contributed by atoms with E-state index in [9.17, 15) is 0 Å². The summed E-state index contributed by atoms with van der Waals surface area (Å²) >= 11 is 3.50. The molecule has 2 rings (SSSR count). The van der Waals surface area contributed by atoms with Crippen molar-refractivity contribution in [1.82, 2.24) is 0 Å². The second-order valence-electron chi connectivity index (χ2n) is 4.29. The zero-order valence-electron chi connectivity index (χ0n) is 9.13. The van der Waals surface area contributed by atoms with Gasteiger partial charge in [0, 0.05) is 4.47 Å². The van der Waals surface area contributed by atoms with E-state index in [0.717, 1.165) is 10.2 Å². The highest BCUT2D eigenvalue weighted by atomic mass is 79.9. The lowest BCUT2D eigenvalue weighted by atomic mass is 9.98. The summed E-state index contributed by atoms with van der Waals surface area (Å²) in [5, 5.41) is 0. The normalized spacial score (nSPS) is 17.7. The van der Waals surface area contributed by atoms with Crippen molar-refractivity contribution in [3.05, 3.63) is 28.2 Å². The first-order valence-corrected chi connectivity index (χ1v) is 6.48. The first-order valence-electron chi connectivity index (χ1n) is 5.68. The van der Waals surface area contributed by atoms with Crippen molar-refractivity contribution in [3.8, 4) is 5.75 Å². The molecule has 1 nitrogen and oxygen atoms in total. The van der Waals surface area contributed by atoms with Gasteiger partial charge in [0.05, 0.1) is 6.10 Å². The predicted molar refractivity (Wildman–Crippen MR) is 66.4 cm³/mol. The fraction of sp³-hybridized carbons (Fsp3) is 0.538. The highest BCUT2D eigenvalue weighted by molar-refractivity contribution is 9.10. The van der Waals surface area contributed by atoms with Gasteiger partial charge in [0.25, 0.3) is 0 Å². The van der Waals surface area contributed by atoms with Gasteiger partial charge in [-0.1, -0.05) is 22.4 Å². The van der Waals surface area contributed by atoms with Crippen molar-refractivity contribution in [2.45, 2.75) is 45.1 Å². The van der Waals surface area contributed by atoms with Crippen LogP contribution in [0.4, 0.5) is 0 Å². The van der Waals surface area contributed by atoms with Crippen LogP contribution in [-0.4, -0.2) is 6.10 Å². The molecule has 0 amide bonds. The van der Waals surface area contributed by atoms with E-state index >= 15 is 0 Å². The van der Waals surface area contributed by atoms with Gasteiger partial charge in [-0.05, 0) is 56.4 Å². The van der Waals surface area contributed by atoms with E-state index in [1.54, 1.807) is 0 Å². The molecule has 0 atom stereocenters. The van der Waals surface area contributed by atoms with Crippen LogP contribution in [0.15, 0.2) is 22.7 Å². The van der Waals surface area contributed by atoms with Gasteiger partial charge in [-0.3, -0.25) is 0 Å². The van der Waals surface area contributed by atoms with E-state index < -0.39 is 0 Å². The molecule has 0 radical (unpaired) electrons. The molecule has 1 aromatic carbocycles. The van der Waals surface area contributed by atoms with Crippen LogP contribution in [0.5, 0.6) is 5.75 Å². The zero-order chi connectivity index (χ0) is 10.7. The molecule has 0 aromatic heterocycles. The standard InChI is InChI=1S/C13H17BrO/c1-10-9-12(7-8-13(10)14)15-11-5-3-2-4-6-11/h7-9,11H,2-6H2,1H3. The largest absolute Gasteiger partial charge is 0.490 e. The maximum atomic E-state index is 5.97. The van der Waals surface area contributed by atoms with Gasteiger partial charge < -0.3 is 4.74 Å². The molecule has 15 heavy (non-hydrogen) atoms. The third-order valence-electron chi connectivity index (χ3n) is 2.98. The molecule has 0 N–H and O–H groups in total. The van der Waals surface area contributed by atoms with Crippen LogP contribution < -0.4 is 4.74 Å². The SMILES string of the molecule is Cc1cc(OC2CCCCC2)ccc1Br. The Balaban J connectivity index is 2.00. The average Bonchev–Trinajstić information content (AvgIpc) is 2.25. The number of hydrogen-bond donors (Lipinski definition) is 0. The maximum Gasteiger partial charge on any atom is 0.120 e. The minimum absolute atomic E-state index is 0.444. The fourth-order valence-electron chi connectivity index (χ4n) is 2.07. The van der Waals surface area contributed by atoms with E-state index in [1.807, 2.05) is 6.07 Å². The van der Waals surface area contributed by atoms with Crippen LogP contribution in [0.25, 0.3) is 0 Å². The molecule has 0 bridgehead atoms. The quantitative estimate of drug-likeness (QED) is 0.769. The van der Waals surface area contributed by atoms with Gasteiger partial charge in [0.1, 0.15) is 5.75 Å². The number of ether oxygens (including phenoxy) is 1. The van der Waals surface area contributed by atoms with E-state index in [1.165, 1.54) is 37.7 Å². The Hall–Kier alpha value is -0.500. The number of aryl methyl sites for hydroxylation is 1. The Kier molecular flexibility index (Phi) is 3.68. The molecule has 0 aliphatic heterocycles. The minimum atomic E-state index is 0.444. The second-order valence-corrected chi connectivity index (χ2v) is 5.14. The Morgan fingerprint density at radius 3 is 2.60 bits per heavy atom. The summed E-state index contributed by atoms with van der Waals surface area (Å²) < 4.78 is 7.12. The molecular formula is C13H17BrO. The highest BCUT2D eigenvalue weighted by Gasteiger charge is 2.14. The molecule has 0 unspecified atom stereocenters. The maximum absolute atomic E-state index is 5.97. The summed E-state index contributed by atoms with van der Waals surface area (Å²) in [6.07, 6.45) is 6.89. The summed E-state index contributed by atoms with van der Waals surface area (Å²) in [7, 11) is 0. The summed E-state index contributed by atoms with van der Waals surface area (Å²) in [6, 6.07) is 6.22. The number of hydrogen-bond acceptors (Lipinski definition) is 1. The van der Waals surface area contributed by atoms with Crippen molar-refractivity contribution in [2.75, 3.05) is 0 Å². The third kappa shape index (κ3) is 2.97. The number of benzene rings is 1. The van der Waals surface area contributed by atoms with E-state index in [4.69, 9.17) is 4.74 Å². The van der Waals surface area contributed by atoms with Gasteiger partial charge in [-0.15, -0.1) is 0 Å². The van der Waals surface area contributed by atoms with Crippen molar-refractivity contribution in [2.24, 2.45) is 0 Å². The fourth-order valence-corrected chi connectivity index (χ4v) is 2.31. The summed E-state index contributed by atoms with van der Waals surface area (Å²) in [4.78, 5) is 0. The van der Waals surface area contributed by atoms with Crippen LogP contribution in [0.3, 0.4) is 0 Å². The lowest BCUT2D eigenvalue weighted by molar-refractivity contribution is 0.155. The Bertz CT molecular complexity index is 329. The summed E-state index contributed by atoms with van der Waals surface area (Å²) in [5.74, 6) is 1.02. The van der Waals surface area contributed by atoms with E-state index in [-0.39, 0.29) is 0 Å². The van der Waals surface area contributed by atoms with Crippen LogP contribution in [0.2, 0.25) is 0 Å². The topological polar surface area (TPSA) is 9.23 Å². The lowest BCUT2D eigenvalue weighted by Crippen LogP contribution is -2.19. The molecule has 1 fully saturated rings. The number of rotatable bonds is 2. The predicted octanol–water partition coefficient (Wildman–Crippen LogP) is 4.47. The van der Waals surface area contributed by atoms with Crippen LogP contribution in [0, 0.1) is 6.92 Å². The molecule has 82 valence electrons. The lowest BCUT2D eigenvalue weighted by Gasteiger charge is -2.23. The first kappa shape index (κ1) is 11.0. The monoisotopic (exact) mass is 268 g/mol. The second kappa shape index (κ2) is 5.02. The van der Waals surface area contributed by atoms with Crippen molar-refractivity contribution in [3.63, 3.8) is 0 Å². The average molecular weight is 269 g/mol. The Morgan fingerprint density at radius 2 is 1.93 bits per heavy atom. The summed E-state index contributed by atoms with van der Waals surface area (Å²) in [5.41, 5.74) is 1.24. The number of halogens is 1. The molecular weight excluding hydrogens is 252 g/mol. The highest BCUT2D eigenvalue weighted by Crippen LogP contribution is 2.26. The van der Waals surface area contributed by atoms with Crippen molar-refractivity contribution >= 4 is 15.9 Å². The molecule has 0 heterocycles. The Morgan fingerprint density at radius 1 is 1.20 bits per heavy atom. The molecule has 1 saturated carbocycles. The van der Waals surface area contributed by atoms with Crippen molar-refractivity contribution in [1.29, 1.82) is 0 Å². The molecule has 2 heteroatoms. The van der Waals surface area contributed by atoms with Crippen molar-refractivity contribution < 1.29 is 4.74 Å². The Labute approximate surface area is 100.0 Å². The van der Waals surface area contributed by atoms with Crippen LogP contribution in [-0.2, 0) is 0 Å². The zero-order valence-corrected chi connectivity index (χ0v) is 10.7. The van der Waals surface area contributed by atoms with Crippen LogP contribution >= 0.6 is 15.9 Å². The minimum Gasteiger partial charge on any atom is -0.490 e. The van der Waals surface area contributed by atoms with Gasteiger partial charge in [0.15, 0.2) is 0 Å². The molecule has 1 aliphatic rings. The van der Waals surface area contributed by atoms with Gasteiger partial charge in [-0.25, -0.2) is 0 Å². The molecule has 1 aliphatic carbocycles. The molecule has 1 aromatic rings. The van der Waals surface area contributed by atoms with Gasteiger partial charge in [0.2, 0.25) is 0 Å². The summed E-state index contributed by atoms with van der Waals surface area (Å²) in [6.45, 7) is 2.10. The van der Waals surface area contributed by atoms with Gasteiger partial charge >= 0.3 is 0 Å². The van der Waals surface area contributed by atoms with E-state index in [0.29, 0.717) is 6.10 Å². The third-order valence-corrected chi connectivity index (χ3v) is 3.87.